The summed E-state index contributed by atoms with van der Waals surface area (Å²) in [5.41, 5.74) is 5.94. The molecule has 4 heteroatoms. The van der Waals surface area contributed by atoms with Crippen LogP contribution in [0.25, 0.3) is 5.57 Å². The van der Waals surface area contributed by atoms with E-state index in [4.69, 9.17) is 10.2 Å². The number of nitrogen functional groups attached to an aromatic ring is 1. The number of allylic oxidation sites excluding steroid dienone is 4. The van der Waals surface area contributed by atoms with E-state index in [1.165, 1.54) is 0 Å². The maximum Gasteiger partial charge on any atom is 0.313 e. The van der Waals surface area contributed by atoms with Crippen LogP contribution in [0.5, 0.6) is 0 Å². The fourth-order valence-corrected chi connectivity index (χ4v) is 0.705. The normalized spacial score (nSPS) is 11.2. The highest BCUT2D eigenvalue weighted by Gasteiger charge is 2.04. The number of nitrogens with zero attached hydrogens (tertiary/aromatic N) is 2. The van der Waals surface area contributed by atoms with Crippen molar-refractivity contribution < 1.29 is 4.42 Å². The molecule has 0 saturated heterocycles. The van der Waals surface area contributed by atoms with E-state index in [9.17, 15) is 0 Å². The molecule has 0 fully saturated rings. The van der Waals surface area contributed by atoms with Gasteiger partial charge in [-0.05, 0) is 0 Å². The van der Waals surface area contributed by atoms with E-state index in [2.05, 4.69) is 23.4 Å². The van der Waals surface area contributed by atoms with Crippen molar-refractivity contribution in [2.24, 2.45) is 0 Å². The van der Waals surface area contributed by atoms with Crippen LogP contribution in [0, 0.1) is 0 Å². The van der Waals surface area contributed by atoms with Crippen molar-refractivity contribution in [3.8, 4) is 0 Å². The molecular weight excluding hydrogens is 154 g/mol. The summed E-state index contributed by atoms with van der Waals surface area (Å²) in [4.78, 5) is 0. The SMILES string of the molecule is C=C/C=C(\C=C)c1nnc(N)o1. The minimum Gasteiger partial charge on any atom is -0.404 e. The molecule has 1 heterocycles. The minimum absolute atomic E-state index is 0.0433. The second-order valence-electron chi connectivity index (χ2n) is 2.01. The minimum atomic E-state index is 0.0433. The van der Waals surface area contributed by atoms with E-state index in [-0.39, 0.29) is 6.01 Å². The van der Waals surface area contributed by atoms with E-state index in [1.807, 2.05) is 0 Å². The first-order valence-corrected chi connectivity index (χ1v) is 3.32. The predicted octanol–water partition coefficient (Wildman–Crippen LogP) is 1.41. The molecular formula is C8H9N3O. The third kappa shape index (κ3) is 1.60. The van der Waals surface area contributed by atoms with Crippen molar-refractivity contribution in [2.45, 2.75) is 0 Å². The monoisotopic (exact) mass is 163 g/mol. The Kier molecular flexibility index (Phi) is 2.42. The summed E-state index contributed by atoms with van der Waals surface area (Å²) in [6.07, 6.45) is 4.91. The van der Waals surface area contributed by atoms with Gasteiger partial charge in [-0.15, -0.1) is 5.10 Å². The average molecular weight is 163 g/mol. The maximum atomic E-state index is 5.24. The molecule has 0 bridgehead atoms. The molecule has 0 atom stereocenters. The average Bonchev–Trinajstić information content (AvgIpc) is 2.47. The van der Waals surface area contributed by atoms with Gasteiger partial charge in [0.1, 0.15) is 0 Å². The van der Waals surface area contributed by atoms with Crippen molar-refractivity contribution in [3.63, 3.8) is 0 Å². The van der Waals surface area contributed by atoms with Gasteiger partial charge in [-0.1, -0.05) is 36.5 Å². The lowest BCUT2D eigenvalue weighted by Gasteiger charge is -1.89. The second kappa shape index (κ2) is 3.52. The zero-order chi connectivity index (χ0) is 8.97. The van der Waals surface area contributed by atoms with E-state index in [1.54, 1.807) is 18.2 Å². The second-order valence-corrected chi connectivity index (χ2v) is 2.01. The Labute approximate surface area is 70.1 Å². The summed E-state index contributed by atoms with van der Waals surface area (Å²) in [7, 11) is 0. The molecule has 0 aliphatic rings. The molecule has 0 aromatic carbocycles. The number of anilines is 1. The van der Waals surface area contributed by atoms with Crippen molar-refractivity contribution in [2.75, 3.05) is 5.73 Å². The molecule has 0 radical (unpaired) electrons. The molecule has 1 rings (SSSR count). The molecule has 0 spiro atoms. The zero-order valence-corrected chi connectivity index (χ0v) is 6.53. The molecule has 0 aliphatic carbocycles. The van der Waals surface area contributed by atoms with Gasteiger partial charge in [0.2, 0.25) is 5.89 Å². The molecule has 1 aromatic rings. The van der Waals surface area contributed by atoms with Crippen molar-refractivity contribution in [1.82, 2.24) is 10.2 Å². The number of rotatable bonds is 3. The number of hydrogen-bond donors (Lipinski definition) is 1. The first kappa shape index (κ1) is 8.26. The van der Waals surface area contributed by atoms with Crippen LogP contribution >= 0.6 is 0 Å². The van der Waals surface area contributed by atoms with Crippen LogP contribution < -0.4 is 5.73 Å². The van der Waals surface area contributed by atoms with Gasteiger partial charge in [0.05, 0.1) is 0 Å². The fourth-order valence-electron chi connectivity index (χ4n) is 0.705. The van der Waals surface area contributed by atoms with Gasteiger partial charge in [0, 0.05) is 5.57 Å². The maximum absolute atomic E-state index is 5.24. The third-order valence-corrected chi connectivity index (χ3v) is 1.20. The summed E-state index contributed by atoms with van der Waals surface area (Å²) in [6, 6.07) is 0.0433. The lowest BCUT2D eigenvalue weighted by atomic mass is 10.2. The van der Waals surface area contributed by atoms with Crippen LogP contribution in [-0.4, -0.2) is 10.2 Å². The third-order valence-electron chi connectivity index (χ3n) is 1.20. The number of nitrogens with two attached hydrogens (primary N) is 1. The molecule has 62 valence electrons. The smallest absolute Gasteiger partial charge is 0.313 e. The van der Waals surface area contributed by atoms with Crippen LogP contribution in [-0.2, 0) is 0 Å². The molecule has 2 N–H and O–H groups in total. The van der Waals surface area contributed by atoms with Gasteiger partial charge >= 0.3 is 6.01 Å². The molecule has 0 amide bonds. The number of hydrogen-bond acceptors (Lipinski definition) is 4. The van der Waals surface area contributed by atoms with Gasteiger partial charge in [0.15, 0.2) is 0 Å². The van der Waals surface area contributed by atoms with E-state index < -0.39 is 0 Å². The molecule has 0 aliphatic heterocycles. The van der Waals surface area contributed by atoms with Crippen molar-refractivity contribution >= 4 is 11.6 Å². The van der Waals surface area contributed by atoms with Gasteiger partial charge < -0.3 is 10.2 Å². The van der Waals surface area contributed by atoms with Gasteiger partial charge in [-0.25, -0.2) is 0 Å². The van der Waals surface area contributed by atoms with Gasteiger partial charge in [-0.3, -0.25) is 0 Å². The molecule has 0 unspecified atom stereocenters. The predicted molar refractivity (Wildman–Crippen MR) is 47.1 cm³/mol. The Morgan fingerprint density at radius 3 is 2.58 bits per heavy atom. The molecule has 4 nitrogen and oxygen atoms in total. The zero-order valence-electron chi connectivity index (χ0n) is 6.53. The van der Waals surface area contributed by atoms with Gasteiger partial charge in [0.25, 0.3) is 0 Å². The highest BCUT2D eigenvalue weighted by molar-refractivity contribution is 5.69. The lowest BCUT2D eigenvalue weighted by Crippen LogP contribution is -1.81. The van der Waals surface area contributed by atoms with E-state index in [0.717, 1.165) is 0 Å². The summed E-state index contributed by atoms with van der Waals surface area (Å²) >= 11 is 0. The highest BCUT2D eigenvalue weighted by atomic mass is 16.4. The summed E-state index contributed by atoms with van der Waals surface area (Å²) in [6.45, 7) is 7.12. The van der Waals surface area contributed by atoms with E-state index in [0.29, 0.717) is 11.5 Å². The van der Waals surface area contributed by atoms with Crippen LogP contribution in [0.4, 0.5) is 6.01 Å². The Morgan fingerprint density at radius 1 is 1.42 bits per heavy atom. The van der Waals surface area contributed by atoms with Crippen molar-refractivity contribution in [1.29, 1.82) is 0 Å². The Bertz CT molecular complexity index is 325. The van der Waals surface area contributed by atoms with Crippen LogP contribution in [0.3, 0.4) is 0 Å². The van der Waals surface area contributed by atoms with E-state index >= 15 is 0 Å². The Hall–Kier alpha value is -1.84. The quantitative estimate of drug-likeness (QED) is 0.684. The molecule has 12 heavy (non-hydrogen) atoms. The van der Waals surface area contributed by atoms with Crippen LogP contribution in [0.2, 0.25) is 0 Å². The molecule has 1 aromatic heterocycles. The first-order chi connectivity index (χ1) is 5.77. The summed E-state index contributed by atoms with van der Waals surface area (Å²) in [5, 5.41) is 7.18. The topological polar surface area (TPSA) is 64.9 Å². The lowest BCUT2D eigenvalue weighted by molar-refractivity contribution is 0.560. The van der Waals surface area contributed by atoms with Crippen LogP contribution in [0.15, 0.2) is 35.8 Å². The Morgan fingerprint density at radius 2 is 2.17 bits per heavy atom. The Balaban J connectivity index is 3.02. The summed E-state index contributed by atoms with van der Waals surface area (Å²) in [5.74, 6) is 0.349. The molecule has 0 saturated carbocycles. The fraction of sp³-hybridized carbons (Fsp3) is 0. The summed E-state index contributed by atoms with van der Waals surface area (Å²) < 4.78 is 4.96. The first-order valence-electron chi connectivity index (χ1n) is 3.32. The highest BCUT2D eigenvalue weighted by Crippen LogP contribution is 2.14. The number of aromatic nitrogens is 2. The van der Waals surface area contributed by atoms with Crippen LogP contribution in [0.1, 0.15) is 5.89 Å². The van der Waals surface area contributed by atoms with Crippen molar-refractivity contribution in [3.05, 3.63) is 37.3 Å². The van der Waals surface area contributed by atoms with Gasteiger partial charge in [-0.2, -0.15) is 0 Å². The standard InChI is InChI=1S/C8H9N3O/c1-3-5-6(4-2)7-10-11-8(9)12-7/h3-5H,1-2H2,(H2,9,11)/b6-5+. The largest absolute Gasteiger partial charge is 0.404 e.